The molecule has 0 saturated carbocycles. The Morgan fingerprint density at radius 1 is 1.50 bits per heavy atom. The van der Waals surface area contributed by atoms with Crippen LogP contribution < -0.4 is 5.73 Å². The van der Waals surface area contributed by atoms with Crippen molar-refractivity contribution in [2.24, 2.45) is 22.6 Å². The zero-order valence-electron chi connectivity index (χ0n) is 14.0. The van der Waals surface area contributed by atoms with Gasteiger partial charge in [-0.3, -0.25) is 9.69 Å². The van der Waals surface area contributed by atoms with Gasteiger partial charge in [-0.15, -0.1) is 23.5 Å². The Kier molecular flexibility index (Phi) is 6.55. The fourth-order valence-electron chi connectivity index (χ4n) is 3.22. The SMILES string of the molecule is CCOC(=O)[C@@H]1[C@@H](/C(N)=C/C(C)=N/C(F)F)CN(C)C12SCCS2. The van der Waals surface area contributed by atoms with Gasteiger partial charge in [0.2, 0.25) is 0 Å². The van der Waals surface area contributed by atoms with Crippen molar-refractivity contribution in [2.75, 3.05) is 31.7 Å². The molecule has 2 rings (SSSR count). The molecule has 0 unspecified atom stereocenters. The first-order chi connectivity index (χ1) is 11.3. The summed E-state index contributed by atoms with van der Waals surface area (Å²) in [4.78, 5) is 17.9. The number of halogens is 2. The molecule has 2 aliphatic rings. The summed E-state index contributed by atoms with van der Waals surface area (Å²) in [5, 5.41) is 0. The molecule has 24 heavy (non-hydrogen) atoms. The molecular formula is C15H23F2N3O2S2. The van der Waals surface area contributed by atoms with E-state index in [4.69, 9.17) is 10.5 Å². The number of allylic oxidation sites excluding steroid dienone is 1. The topological polar surface area (TPSA) is 67.9 Å². The molecule has 0 radical (unpaired) electrons. The summed E-state index contributed by atoms with van der Waals surface area (Å²) in [6.07, 6.45) is 1.44. The van der Waals surface area contributed by atoms with Crippen molar-refractivity contribution in [2.45, 2.75) is 24.6 Å². The average Bonchev–Trinajstić information content (AvgIpc) is 3.06. The van der Waals surface area contributed by atoms with Crippen LogP contribution in [-0.2, 0) is 9.53 Å². The number of thioether (sulfide) groups is 2. The first kappa shape index (κ1) is 19.5. The summed E-state index contributed by atoms with van der Waals surface area (Å²) in [6.45, 7) is 1.35. The summed E-state index contributed by atoms with van der Waals surface area (Å²) in [5.74, 6) is 0.902. The summed E-state index contributed by atoms with van der Waals surface area (Å²) < 4.78 is 29.6. The number of ether oxygens (including phenoxy) is 1. The van der Waals surface area contributed by atoms with E-state index in [2.05, 4.69) is 9.89 Å². The second-order valence-electron chi connectivity index (χ2n) is 5.74. The molecule has 5 nitrogen and oxygen atoms in total. The Morgan fingerprint density at radius 2 is 2.12 bits per heavy atom. The van der Waals surface area contributed by atoms with Crippen molar-refractivity contribution < 1.29 is 18.3 Å². The number of hydrogen-bond donors (Lipinski definition) is 1. The van der Waals surface area contributed by atoms with Gasteiger partial charge in [0.05, 0.1) is 6.61 Å². The van der Waals surface area contributed by atoms with Crippen molar-refractivity contribution >= 4 is 35.2 Å². The van der Waals surface area contributed by atoms with Gasteiger partial charge in [-0.05, 0) is 27.0 Å². The second kappa shape index (κ2) is 8.05. The van der Waals surface area contributed by atoms with Crippen LogP contribution in [0.15, 0.2) is 16.8 Å². The fraction of sp³-hybridized carbons (Fsp3) is 0.733. The predicted molar refractivity (Wildman–Crippen MR) is 95.3 cm³/mol. The Hall–Kier alpha value is -0.800. The minimum atomic E-state index is -2.77. The lowest BCUT2D eigenvalue weighted by Gasteiger charge is -2.34. The first-order valence-corrected chi connectivity index (χ1v) is 9.74. The molecule has 1 spiro atoms. The highest BCUT2D eigenvalue weighted by Crippen LogP contribution is 2.58. The van der Waals surface area contributed by atoms with Crippen molar-refractivity contribution in [1.29, 1.82) is 0 Å². The van der Waals surface area contributed by atoms with Crippen LogP contribution in [0.1, 0.15) is 13.8 Å². The lowest BCUT2D eigenvalue weighted by molar-refractivity contribution is -0.149. The number of aliphatic imine (C=N–C) groups is 1. The molecule has 2 heterocycles. The number of carbonyl (C=O) groups is 1. The predicted octanol–water partition coefficient (Wildman–Crippen LogP) is 2.39. The number of alkyl halides is 2. The lowest BCUT2D eigenvalue weighted by Crippen LogP contribution is -2.42. The van der Waals surface area contributed by atoms with Crippen molar-refractivity contribution in [3.63, 3.8) is 0 Å². The number of nitrogens with zero attached hydrogens (tertiary/aromatic N) is 2. The molecule has 0 amide bonds. The van der Waals surface area contributed by atoms with E-state index >= 15 is 0 Å². The Bertz CT molecular complexity index is 537. The molecule has 2 fully saturated rings. The van der Waals surface area contributed by atoms with Gasteiger partial charge in [0.1, 0.15) is 10.1 Å². The molecule has 0 aromatic rings. The van der Waals surface area contributed by atoms with E-state index in [0.29, 0.717) is 18.8 Å². The molecule has 0 bridgehead atoms. The molecule has 2 saturated heterocycles. The van der Waals surface area contributed by atoms with E-state index in [1.165, 1.54) is 13.0 Å². The van der Waals surface area contributed by atoms with Crippen LogP contribution in [0.5, 0.6) is 0 Å². The maximum atomic E-state index is 12.6. The fourth-order valence-corrected chi connectivity index (χ4v) is 6.77. The smallest absolute Gasteiger partial charge is 0.332 e. The molecule has 0 aromatic carbocycles. The maximum absolute atomic E-state index is 12.6. The molecule has 9 heteroatoms. The number of esters is 1. The van der Waals surface area contributed by atoms with Gasteiger partial charge < -0.3 is 10.5 Å². The Balaban J connectivity index is 2.33. The average molecular weight is 379 g/mol. The quantitative estimate of drug-likeness (QED) is 0.449. The summed E-state index contributed by atoms with van der Waals surface area (Å²) >= 11 is 3.46. The van der Waals surface area contributed by atoms with Crippen LogP contribution in [0.2, 0.25) is 0 Å². The van der Waals surface area contributed by atoms with Gasteiger partial charge in [-0.25, -0.2) is 4.99 Å². The zero-order chi connectivity index (χ0) is 17.9. The third-order valence-electron chi connectivity index (χ3n) is 4.14. The highest BCUT2D eigenvalue weighted by atomic mass is 32.2. The monoisotopic (exact) mass is 379 g/mol. The van der Waals surface area contributed by atoms with E-state index in [-0.39, 0.29) is 17.6 Å². The molecular weight excluding hydrogens is 356 g/mol. The second-order valence-corrected chi connectivity index (χ2v) is 8.63. The summed E-state index contributed by atoms with van der Waals surface area (Å²) in [5.41, 5.74) is 6.72. The molecule has 0 aliphatic carbocycles. The van der Waals surface area contributed by atoms with Gasteiger partial charge in [0, 0.05) is 35.4 Å². The number of nitrogens with two attached hydrogens (primary N) is 1. The maximum Gasteiger partial charge on any atom is 0.332 e. The van der Waals surface area contributed by atoms with Crippen molar-refractivity contribution in [3.05, 3.63) is 11.8 Å². The largest absolute Gasteiger partial charge is 0.466 e. The standard InChI is InChI=1S/C15H23F2N3O2S2/c1-4-22-13(21)12-10(11(18)7-9(2)19-14(16)17)8-20(3)15(12)23-5-6-24-15/h7,10,12,14H,4-6,8,18H2,1-3H3/b11-7-,19-9+/t10-,12+/m1/s1. The normalized spacial score (nSPS) is 28.1. The van der Waals surface area contributed by atoms with Crippen LogP contribution in [0.4, 0.5) is 8.78 Å². The van der Waals surface area contributed by atoms with Gasteiger partial charge >= 0.3 is 12.5 Å². The summed E-state index contributed by atoms with van der Waals surface area (Å²) in [7, 11) is 1.96. The Labute approximate surface area is 149 Å². The van der Waals surface area contributed by atoms with E-state index in [1.54, 1.807) is 30.4 Å². The van der Waals surface area contributed by atoms with E-state index in [9.17, 15) is 13.6 Å². The van der Waals surface area contributed by atoms with Gasteiger partial charge in [0.15, 0.2) is 0 Å². The third kappa shape index (κ3) is 3.88. The Morgan fingerprint density at radius 3 is 2.67 bits per heavy atom. The van der Waals surface area contributed by atoms with Crippen LogP contribution in [0, 0.1) is 11.8 Å². The third-order valence-corrected chi connectivity index (χ3v) is 7.89. The van der Waals surface area contributed by atoms with Crippen LogP contribution in [0.25, 0.3) is 0 Å². The highest BCUT2D eigenvalue weighted by Gasteiger charge is 2.59. The zero-order valence-corrected chi connectivity index (χ0v) is 15.6. The number of rotatable bonds is 5. The van der Waals surface area contributed by atoms with Crippen molar-refractivity contribution in [1.82, 2.24) is 4.90 Å². The minimum Gasteiger partial charge on any atom is -0.466 e. The van der Waals surface area contributed by atoms with Gasteiger partial charge in [-0.2, -0.15) is 8.78 Å². The molecule has 2 atom stereocenters. The van der Waals surface area contributed by atoms with Crippen LogP contribution in [-0.4, -0.2) is 59.0 Å². The lowest BCUT2D eigenvalue weighted by atomic mass is 9.92. The van der Waals surface area contributed by atoms with Gasteiger partial charge in [0.25, 0.3) is 0 Å². The molecule has 2 N–H and O–H groups in total. The highest BCUT2D eigenvalue weighted by molar-refractivity contribution is 8.21. The van der Waals surface area contributed by atoms with Crippen LogP contribution >= 0.6 is 23.5 Å². The number of carbonyl (C=O) groups excluding carboxylic acids is 1. The number of likely N-dealkylation sites (tertiary alicyclic amines) is 1. The molecule has 2 aliphatic heterocycles. The van der Waals surface area contributed by atoms with E-state index < -0.39 is 16.7 Å². The molecule has 0 aromatic heterocycles. The van der Waals surface area contributed by atoms with Crippen LogP contribution in [0.3, 0.4) is 0 Å². The van der Waals surface area contributed by atoms with Crippen molar-refractivity contribution in [3.8, 4) is 0 Å². The molecule has 136 valence electrons. The number of hydrogen-bond acceptors (Lipinski definition) is 7. The van der Waals surface area contributed by atoms with Gasteiger partial charge in [-0.1, -0.05) is 0 Å². The summed E-state index contributed by atoms with van der Waals surface area (Å²) in [6, 6.07) is 0. The van der Waals surface area contributed by atoms with E-state index in [1.807, 2.05) is 7.05 Å². The minimum absolute atomic E-state index is 0.153. The van der Waals surface area contributed by atoms with E-state index in [0.717, 1.165) is 11.5 Å². The first-order valence-electron chi connectivity index (χ1n) is 7.77.